The Morgan fingerprint density at radius 1 is 1.44 bits per heavy atom. The van der Waals surface area contributed by atoms with Crippen LogP contribution in [0.5, 0.6) is 0 Å². The van der Waals surface area contributed by atoms with Crippen LogP contribution < -0.4 is 10.9 Å². The molecule has 27 heavy (non-hydrogen) atoms. The van der Waals surface area contributed by atoms with Gasteiger partial charge in [0, 0.05) is 24.5 Å². The molecule has 9 heteroatoms. The quantitative estimate of drug-likeness (QED) is 0.225. The molecule has 0 bridgehead atoms. The molecule has 0 saturated heterocycles. The molecule has 1 aromatic heterocycles. The first-order valence-electron chi connectivity index (χ1n) is 8.23. The highest BCUT2D eigenvalue weighted by atomic mass is 35.5. The smallest absolute Gasteiger partial charge is 0.305 e. The van der Waals surface area contributed by atoms with E-state index in [0.29, 0.717) is 34.0 Å². The van der Waals surface area contributed by atoms with Crippen molar-refractivity contribution in [1.82, 2.24) is 14.9 Å². The summed E-state index contributed by atoms with van der Waals surface area (Å²) in [6.45, 7) is 4.32. The number of hydrogen-bond acceptors (Lipinski definition) is 6. The van der Waals surface area contributed by atoms with Crippen LogP contribution in [-0.2, 0) is 20.9 Å². The van der Waals surface area contributed by atoms with Gasteiger partial charge in [-0.05, 0) is 24.6 Å². The average Bonchev–Trinajstić information content (AvgIpc) is 2.65. The number of hydrogen-bond donors (Lipinski definition) is 1. The third-order valence-corrected chi connectivity index (χ3v) is 4.85. The second-order valence-corrected chi connectivity index (χ2v) is 6.96. The minimum absolute atomic E-state index is 0.0912. The number of nitrogens with zero attached hydrogens (tertiary/aromatic N) is 2. The molecule has 0 aliphatic heterocycles. The topological polar surface area (TPSA) is 90.3 Å². The van der Waals surface area contributed by atoms with Crippen LogP contribution in [0.3, 0.4) is 0 Å². The Hall–Kier alpha value is -2.32. The second kappa shape index (κ2) is 10.1. The molecule has 1 heterocycles. The molecular formula is C18H20ClN3O4S. The summed E-state index contributed by atoms with van der Waals surface area (Å²) in [5.41, 5.74) is 0.270. The summed E-state index contributed by atoms with van der Waals surface area (Å²) in [4.78, 5) is 40.2. The van der Waals surface area contributed by atoms with E-state index in [1.54, 1.807) is 24.3 Å². The predicted molar refractivity (Wildman–Crippen MR) is 106 cm³/mol. The van der Waals surface area contributed by atoms with Gasteiger partial charge < -0.3 is 10.1 Å². The standard InChI is InChI=1S/C18H20ClN3O4S/c1-3-9-22-17(25)13-7-6-12(19)10-14(13)21-18(22)27-11-15(23)20-8-4-5-16(24)26-2/h3,6-7,10H,1,4-5,8-9,11H2,2H3,(H,20,23). The molecule has 0 unspecified atom stereocenters. The fraction of sp³-hybridized carbons (Fsp3) is 0.333. The molecule has 144 valence electrons. The van der Waals surface area contributed by atoms with Crippen LogP contribution in [0.1, 0.15) is 12.8 Å². The number of ether oxygens (including phenoxy) is 1. The molecule has 2 rings (SSSR count). The molecule has 1 amide bonds. The Morgan fingerprint density at radius 2 is 2.22 bits per heavy atom. The number of aromatic nitrogens is 2. The van der Waals surface area contributed by atoms with Gasteiger partial charge in [-0.3, -0.25) is 19.0 Å². The minimum Gasteiger partial charge on any atom is -0.469 e. The highest BCUT2D eigenvalue weighted by Crippen LogP contribution is 2.20. The zero-order valence-corrected chi connectivity index (χ0v) is 16.4. The van der Waals surface area contributed by atoms with Crippen LogP contribution in [0.15, 0.2) is 40.8 Å². The molecule has 1 aromatic carbocycles. The van der Waals surface area contributed by atoms with Gasteiger partial charge in [-0.2, -0.15) is 0 Å². The van der Waals surface area contributed by atoms with Crippen LogP contribution in [0.25, 0.3) is 10.9 Å². The summed E-state index contributed by atoms with van der Waals surface area (Å²) < 4.78 is 6.01. The van der Waals surface area contributed by atoms with E-state index in [9.17, 15) is 14.4 Å². The zero-order chi connectivity index (χ0) is 19.8. The van der Waals surface area contributed by atoms with Gasteiger partial charge >= 0.3 is 5.97 Å². The summed E-state index contributed by atoms with van der Waals surface area (Å²) in [6.07, 6.45) is 2.34. The third-order valence-electron chi connectivity index (χ3n) is 3.63. The maximum absolute atomic E-state index is 12.7. The van der Waals surface area contributed by atoms with Gasteiger partial charge in [0.25, 0.3) is 5.56 Å². The van der Waals surface area contributed by atoms with Gasteiger partial charge in [-0.25, -0.2) is 4.98 Å². The van der Waals surface area contributed by atoms with E-state index in [1.807, 2.05) is 0 Å². The first-order valence-corrected chi connectivity index (χ1v) is 9.60. The molecule has 2 aromatic rings. The molecule has 0 spiro atoms. The van der Waals surface area contributed by atoms with Crippen LogP contribution in [0.2, 0.25) is 5.02 Å². The highest BCUT2D eigenvalue weighted by Gasteiger charge is 2.13. The number of amides is 1. The second-order valence-electron chi connectivity index (χ2n) is 5.58. The SMILES string of the molecule is C=CCn1c(SCC(=O)NCCCC(=O)OC)nc2cc(Cl)ccc2c1=O. The first kappa shape index (κ1) is 21.0. The van der Waals surface area contributed by atoms with Gasteiger partial charge in [-0.15, -0.1) is 6.58 Å². The molecule has 0 radical (unpaired) electrons. The van der Waals surface area contributed by atoms with Crippen molar-refractivity contribution < 1.29 is 14.3 Å². The normalized spacial score (nSPS) is 10.6. The lowest BCUT2D eigenvalue weighted by molar-refractivity contribution is -0.140. The molecular weight excluding hydrogens is 390 g/mol. The number of methoxy groups -OCH3 is 1. The molecule has 0 fully saturated rings. The van der Waals surface area contributed by atoms with E-state index in [2.05, 4.69) is 21.6 Å². The molecule has 1 N–H and O–H groups in total. The molecule has 0 saturated carbocycles. The summed E-state index contributed by atoms with van der Waals surface area (Å²) in [7, 11) is 1.32. The first-order chi connectivity index (χ1) is 13.0. The molecule has 0 aliphatic rings. The molecule has 0 atom stereocenters. The number of esters is 1. The van der Waals surface area contributed by atoms with E-state index < -0.39 is 0 Å². The lowest BCUT2D eigenvalue weighted by Gasteiger charge is -2.11. The number of halogens is 1. The number of rotatable bonds is 9. The predicted octanol–water partition coefficient (Wildman–Crippen LogP) is 2.40. The molecule has 0 aliphatic carbocycles. The number of thioether (sulfide) groups is 1. The summed E-state index contributed by atoms with van der Waals surface area (Å²) >= 11 is 7.14. The lowest BCUT2D eigenvalue weighted by Crippen LogP contribution is -2.28. The van der Waals surface area contributed by atoms with Gasteiger partial charge in [-0.1, -0.05) is 29.4 Å². The van der Waals surface area contributed by atoms with Crippen LogP contribution in [-0.4, -0.2) is 40.8 Å². The van der Waals surface area contributed by atoms with Crippen LogP contribution in [0.4, 0.5) is 0 Å². The summed E-state index contributed by atoms with van der Waals surface area (Å²) in [5.74, 6) is -0.435. The number of nitrogens with one attached hydrogen (secondary N) is 1. The van der Waals surface area contributed by atoms with Crippen molar-refractivity contribution in [2.45, 2.75) is 24.5 Å². The monoisotopic (exact) mass is 409 g/mol. The van der Waals surface area contributed by atoms with E-state index in [4.69, 9.17) is 11.6 Å². The Kier molecular flexibility index (Phi) is 7.87. The minimum atomic E-state index is -0.314. The van der Waals surface area contributed by atoms with E-state index in [1.165, 1.54) is 11.7 Å². The zero-order valence-electron chi connectivity index (χ0n) is 14.9. The number of benzene rings is 1. The van der Waals surface area contributed by atoms with Crippen LogP contribution in [0, 0.1) is 0 Å². The van der Waals surface area contributed by atoms with Gasteiger partial charge in [0.1, 0.15) is 0 Å². The number of carbonyl (C=O) groups is 2. The third kappa shape index (κ3) is 5.83. The fourth-order valence-corrected chi connectivity index (χ4v) is 3.32. The Balaban J connectivity index is 2.07. The lowest BCUT2D eigenvalue weighted by atomic mass is 10.2. The van der Waals surface area contributed by atoms with Crippen molar-refractivity contribution in [1.29, 1.82) is 0 Å². The maximum atomic E-state index is 12.7. The van der Waals surface area contributed by atoms with Crippen molar-refractivity contribution in [2.24, 2.45) is 0 Å². The van der Waals surface area contributed by atoms with Crippen molar-refractivity contribution in [3.8, 4) is 0 Å². The van der Waals surface area contributed by atoms with E-state index in [-0.39, 0.29) is 36.2 Å². The fourth-order valence-electron chi connectivity index (χ4n) is 2.32. The Bertz CT molecular complexity index is 913. The summed E-state index contributed by atoms with van der Waals surface area (Å²) in [6, 6.07) is 4.89. The Morgan fingerprint density at radius 3 is 2.93 bits per heavy atom. The van der Waals surface area contributed by atoms with Gasteiger partial charge in [0.15, 0.2) is 5.16 Å². The summed E-state index contributed by atoms with van der Waals surface area (Å²) in [5, 5.41) is 4.07. The van der Waals surface area contributed by atoms with Crippen molar-refractivity contribution in [3.05, 3.63) is 46.2 Å². The largest absolute Gasteiger partial charge is 0.469 e. The van der Waals surface area contributed by atoms with Crippen LogP contribution >= 0.6 is 23.4 Å². The number of carbonyl (C=O) groups excluding carboxylic acids is 2. The van der Waals surface area contributed by atoms with Gasteiger partial charge in [0.05, 0.1) is 23.8 Å². The van der Waals surface area contributed by atoms with Crippen molar-refractivity contribution >= 4 is 46.1 Å². The maximum Gasteiger partial charge on any atom is 0.305 e. The Labute approximate surface area is 165 Å². The van der Waals surface area contributed by atoms with Gasteiger partial charge in [0.2, 0.25) is 5.91 Å². The van der Waals surface area contributed by atoms with E-state index >= 15 is 0 Å². The molecule has 7 nitrogen and oxygen atoms in total. The van der Waals surface area contributed by atoms with E-state index in [0.717, 1.165) is 11.8 Å². The van der Waals surface area contributed by atoms with Crippen molar-refractivity contribution in [2.75, 3.05) is 19.4 Å². The number of fused-ring (bicyclic) bond motifs is 1. The number of allylic oxidation sites excluding steroid dienone is 1. The average molecular weight is 410 g/mol. The van der Waals surface area contributed by atoms with Crippen molar-refractivity contribution in [3.63, 3.8) is 0 Å². The highest BCUT2D eigenvalue weighted by molar-refractivity contribution is 7.99.